The number of ether oxygens (including phenoxy) is 2. The Bertz CT molecular complexity index is 934. The van der Waals surface area contributed by atoms with E-state index < -0.39 is 23.9 Å². The summed E-state index contributed by atoms with van der Waals surface area (Å²) in [5.74, 6) is 0. The molecule has 1 aromatic heterocycles. The van der Waals surface area contributed by atoms with Gasteiger partial charge in [-0.05, 0) is 29.7 Å². The second-order valence-corrected chi connectivity index (χ2v) is 17.8. The van der Waals surface area contributed by atoms with Crippen LogP contribution < -0.4 is 4.39 Å². The van der Waals surface area contributed by atoms with Gasteiger partial charge in [0.1, 0.15) is 18.0 Å². The van der Waals surface area contributed by atoms with E-state index >= 15 is 0 Å². The number of nitrogens with one attached hydrogen (secondary N) is 1. The molecule has 1 aromatic carbocycles. The molecule has 9 heteroatoms. The van der Waals surface area contributed by atoms with Gasteiger partial charge in [0.25, 0.3) is 0 Å². The highest BCUT2D eigenvalue weighted by Gasteiger charge is 2.40. The predicted molar refractivity (Wildman–Crippen MR) is 128 cm³/mol. The van der Waals surface area contributed by atoms with Crippen LogP contribution in [-0.4, -0.2) is 41.6 Å². The molecule has 2 aromatic rings. The fourth-order valence-corrected chi connectivity index (χ4v) is 8.93. The van der Waals surface area contributed by atoms with Crippen LogP contribution in [0.2, 0.25) is 18.1 Å². The van der Waals surface area contributed by atoms with Crippen molar-refractivity contribution >= 4 is 29.6 Å². The maximum absolute atomic E-state index is 12.9. The van der Waals surface area contributed by atoms with Gasteiger partial charge in [0.2, 0.25) is 10.0 Å². The fourth-order valence-electron chi connectivity index (χ4n) is 2.52. The van der Waals surface area contributed by atoms with Crippen LogP contribution in [0.1, 0.15) is 38.1 Å². The van der Waals surface area contributed by atoms with Crippen LogP contribution in [0, 0.1) is 0 Å². The van der Waals surface area contributed by atoms with Crippen molar-refractivity contribution in [3.05, 3.63) is 52.9 Å². The lowest BCUT2D eigenvalue weighted by molar-refractivity contribution is -0.0508. The van der Waals surface area contributed by atoms with Crippen molar-refractivity contribution in [2.75, 3.05) is 19.8 Å². The van der Waals surface area contributed by atoms with Gasteiger partial charge < -0.3 is 14.6 Å². The Morgan fingerprint density at radius 1 is 1.00 bits per heavy atom. The maximum atomic E-state index is 12.9. The van der Waals surface area contributed by atoms with Crippen molar-refractivity contribution in [2.24, 2.45) is 0 Å². The number of hydrogen-bond acceptors (Lipinski definition) is 6. The lowest BCUT2D eigenvalue weighted by Gasteiger charge is -2.36. The highest BCUT2D eigenvalue weighted by atomic mass is 32.2. The second kappa shape index (κ2) is 10.2. The molecule has 0 amide bonds. The molecule has 0 saturated carbocycles. The van der Waals surface area contributed by atoms with Crippen LogP contribution >= 0.6 is 11.3 Å². The third-order valence-corrected chi connectivity index (χ3v) is 15.1. The lowest BCUT2D eigenvalue weighted by atomic mass is 10.1. The summed E-state index contributed by atoms with van der Waals surface area (Å²) >= 11 is 1.07. The molecular weight excluding hydrogens is 450 g/mol. The first kappa shape index (κ1) is 26.2. The Labute approximate surface area is 191 Å². The largest absolute Gasteiger partial charge is 0.382 e. The van der Waals surface area contributed by atoms with Gasteiger partial charge in [-0.1, -0.05) is 64.2 Å². The van der Waals surface area contributed by atoms with E-state index in [2.05, 4.69) is 4.39 Å². The number of benzene rings is 1. The first-order valence-corrected chi connectivity index (χ1v) is 15.6. The van der Waals surface area contributed by atoms with Gasteiger partial charge in [0.05, 0.1) is 26.4 Å². The number of thiophene rings is 1. The van der Waals surface area contributed by atoms with E-state index in [-0.39, 0.29) is 15.9 Å². The molecule has 0 aliphatic carbocycles. The molecule has 0 bridgehead atoms. The predicted octanol–water partition coefficient (Wildman–Crippen LogP) is 4.47. The zero-order chi connectivity index (χ0) is 23.3. The van der Waals surface area contributed by atoms with Gasteiger partial charge in [-0.3, -0.25) is 0 Å². The summed E-state index contributed by atoms with van der Waals surface area (Å²) in [4.78, 5) is 0.549. The molecule has 2 rings (SSSR count). The number of hydrogen-bond donors (Lipinski definition) is 2. The van der Waals surface area contributed by atoms with E-state index in [9.17, 15) is 13.5 Å². The number of sulfonamides is 1. The molecule has 1 heterocycles. The molecule has 31 heavy (non-hydrogen) atoms. The van der Waals surface area contributed by atoms with Crippen LogP contribution in [-0.2, 0) is 31.7 Å². The molecule has 174 valence electrons. The van der Waals surface area contributed by atoms with Crippen LogP contribution in [0.4, 0.5) is 0 Å². The SMILES string of the molecule is CC(C)(C)[Si](C)(C)NS(=O)(=O)c1ccc([C@@](C)(O)COCCOCc2ccccc2)s1. The van der Waals surface area contributed by atoms with Crippen molar-refractivity contribution in [1.29, 1.82) is 0 Å². The van der Waals surface area contributed by atoms with E-state index in [0.717, 1.165) is 16.9 Å². The fraction of sp³-hybridized carbons (Fsp3) is 0.545. The molecule has 0 fully saturated rings. The third-order valence-electron chi connectivity index (χ3n) is 5.51. The van der Waals surface area contributed by atoms with Gasteiger partial charge in [0, 0.05) is 4.88 Å². The summed E-state index contributed by atoms with van der Waals surface area (Å²) in [6.07, 6.45) is 0. The van der Waals surface area contributed by atoms with Crippen molar-refractivity contribution in [3.63, 3.8) is 0 Å². The molecule has 0 radical (unpaired) electrons. The summed E-state index contributed by atoms with van der Waals surface area (Å²) in [5, 5.41) is 10.7. The maximum Gasteiger partial charge on any atom is 0.244 e. The average Bonchev–Trinajstić information content (AvgIpc) is 3.16. The molecule has 1 atom stereocenters. The van der Waals surface area contributed by atoms with Crippen molar-refractivity contribution < 1.29 is 23.0 Å². The molecule has 0 unspecified atom stereocenters. The summed E-state index contributed by atoms with van der Waals surface area (Å²) < 4.78 is 40.1. The van der Waals surface area contributed by atoms with E-state index in [1.165, 1.54) is 0 Å². The summed E-state index contributed by atoms with van der Waals surface area (Å²) in [7, 11) is -5.89. The van der Waals surface area contributed by atoms with Crippen molar-refractivity contribution in [3.8, 4) is 0 Å². The van der Waals surface area contributed by atoms with Gasteiger partial charge in [-0.2, -0.15) is 0 Å². The van der Waals surface area contributed by atoms with E-state index in [0.29, 0.717) is 24.7 Å². The first-order chi connectivity index (χ1) is 14.2. The van der Waals surface area contributed by atoms with Crippen molar-refractivity contribution in [2.45, 2.75) is 62.2 Å². The second-order valence-electron chi connectivity index (χ2n) is 9.46. The normalized spacial score (nSPS) is 15.1. The van der Waals surface area contributed by atoms with E-state index in [1.807, 2.05) is 64.2 Å². The Kier molecular flexibility index (Phi) is 8.65. The molecule has 0 aliphatic rings. The average molecular weight is 486 g/mol. The minimum atomic E-state index is -3.64. The molecule has 2 N–H and O–H groups in total. The monoisotopic (exact) mass is 485 g/mol. The van der Waals surface area contributed by atoms with Crippen LogP contribution in [0.3, 0.4) is 0 Å². The van der Waals surface area contributed by atoms with E-state index in [1.54, 1.807) is 19.1 Å². The zero-order valence-electron chi connectivity index (χ0n) is 19.3. The van der Waals surface area contributed by atoms with Crippen LogP contribution in [0.15, 0.2) is 46.7 Å². The van der Waals surface area contributed by atoms with Gasteiger partial charge in [-0.25, -0.2) is 12.8 Å². The van der Waals surface area contributed by atoms with Gasteiger partial charge in [-0.15, -0.1) is 11.3 Å². The third kappa shape index (κ3) is 7.49. The summed E-state index contributed by atoms with van der Waals surface area (Å²) in [5.41, 5.74) is -0.192. The number of rotatable bonds is 11. The van der Waals surface area contributed by atoms with Gasteiger partial charge >= 0.3 is 0 Å². The molecule has 0 saturated heterocycles. The molecule has 0 spiro atoms. The lowest BCUT2D eigenvalue weighted by Crippen LogP contribution is -2.54. The summed E-state index contributed by atoms with van der Waals surface area (Å²) in [6, 6.07) is 13.1. The smallest absolute Gasteiger partial charge is 0.244 e. The highest BCUT2D eigenvalue weighted by molar-refractivity contribution is 7.93. The highest BCUT2D eigenvalue weighted by Crippen LogP contribution is 2.36. The van der Waals surface area contributed by atoms with E-state index in [4.69, 9.17) is 9.47 Å². The van der Waals surface area contributed by atoms with Crippen molar-refractivity contribution in [1.82, 2.24) is 4.39 Å². The minimum absolute atomic E-state index is 0.0529. The Balaban J connectivity index is 1.88. The Morgan fingerprint density at radius 3 is 2.23 bits per heavy atom. The zero-order valence-corrected chi connectivity index (χ0v) is 21.9. The molecule has 6 nitrogen and oxygen atoms in total. The van der Waals surface area contributed by atoms with Crippen LogP contribution in [0.5, 0.6) is 0 Å². The van der Waals surface area contributed by atoms with Gasteiger partial charge in [0.15, 0.2) is 0 Å². The Morgan fingerprint density at radius 2 is 1.61 bits per heavy atom. The molecular formula is C22H35NO5S2Si. The standard InChI is InChI=1S/C22H35NO5S2Si/c1-21(2,3)31(5,6)23-30(25,26)20-13-12-19(29-20)22(4,24)17-28-15-14-27-16-18-10-8-7-9-11-18/h7-13,23-24H,14-17H2,1-6H3/t22-/m0/s1. The minimum Gasteiger partial charge on any atom is -0.382 e. The summed E-state index contributed by atoms with van der Waals surface area (Å²) in [6.45, 7) is 13.1. The topological polar surface area (TPSA) is 84.9 Å². The first-order valence-electron chi connectivity index (χ1n) is 10.3. The van der Waals surface area contributed by atoms with Crippen LogP contribution in [0.25, 0.3) is 0 Å². The molecule has 0 aliphatic heterocycles. The number of aliphatic hydroxyl groups is 1. The quantitative estimate of drug-likeness (QED) is 0.362. The Hall–Kier alpha value is -1.07.